The molecule has 0 spiro atoms. The van der Waals surface area contributed by atoms with Crippen molar-refractivity contribution in [2.45, 2.75) is 12.5 Å². The highest BCUT2D eigenvalue weighted by Gasteiger charge is 2.22. The first kappa shape index (κ1) is 9.79. The number of amides is 1. The number of rotatable bonds is 2. The maximum absolute atomic E-state index is 11.0. The summed E-state index contributed by atoms with van der Waals surface area (Å²) >= 11 is 0. The summed E-state index contributed by atoms with van der Waals surface area (Å²) in [7, 11) is 0. The molecule has 0 saturated heterocycles. The molecule has 1 amide bonds. The van der Waals surface area contributed by atoms with Crippen LogP contribution in [0.5, 0.6) is 11.5 Å². The van der Waals surface area contributed by atoms with Gasteiger partial charge >= 0.3 is 0 Å². The second-order valence-electron chi connectivity index (χ2n) is 3.27. The van der Waals surface area contributed by atoms with Crippen LogP contribution in [-0.4, -0.2) is 18.6 Å². The van der Waals surface area contributed by atoms with Crippen molar-refractivity contribution >= 4 is 5.91 Å². The Kier molecular flexibility index (Phi) is 2.73. The van der Waals surface area contributed by atoms with Gasteiger partial charge in [-0.3, -0.25) is 10.2 Å². The average molecular weight is 208 g/mol. The molecule has 1 aliphatic rings. The van der Waals surface area contributed by atoms with Crippen LogP contribution < -0.4 is 20.7 Å². The molecule has 1 aromatic carbocycles. The molecule has 1 aliphatic heterocycles. The summed E-state index contributed by atoms with van der Waals surface area (Å²) < 4.78 is 11.0. The van der Waals surface area contributed by atoms with Crippen LogP contribution in [0, 0.1) is 0 Å². The molecule has 2 rings (SSSR count). The van der Waals surface area contributed by atoms with Gasteiger partial charge in [-0.05, 0) is 12.1 Å². The Hall–Kier alpha value is -1.75. The molecular formula is C10H12N2O3. The molecule has 3 N–H and O–H groups in total. The number of ether oxygens (including phenoxy) is 2. The molecule has 5 heteroatoms. The van der Waals surface area contributed by atoms with Gasteiger partial charge in [0.2, 0.25) is 5.91 Å². The molecule has 0 saturated carbocycles. The lowest BCUT2D eigenvalue weighted by atomic mass is 10.2. The zero-order valence-corrected chi connectivity index (χ0v) is 8.10. The van der Waals surface area contributed by atoms with Gasteiger partial charge in [-0.15, -0.1) is 0 Å². The van der Waals surface area contributed by atoms with E-state index in [1.807, 2.05) is 24.3 Å². The highest BCUT2D eigenvalue weighted by atomic mass is 16.6. The van der Waals surface area contributed by atoms with Gasteiger partial charge < -0.3 is 9.47 Å². The first-order chi connectivity index (χ1) is 7.29. The van der Waals surface area contributed by atoms with Gasteiger partial charge in [0.15, 0.2) is 11.5 Å². The zero-order chi connectivity index (χ0) is 10.7. The van der Waals surface area contributed by atoms with Crippen molar-refractivity contribution in [3.8, 4) is 11.5 Å². The maximum Gasteiger partial charge on any atom is 0.237 e. The molecule has 0 radical (unpaired) electrons. The van der Waals surface area contributed by atoms with Crippen LogP contribution in [0.4, 0.5) is 0 Å². The number of benzene rings is 1. The van der Waals surface area contributed by atoms with E-state index >= 15 is 0 Å². The molecule has 0 aromatic heterocycles. The maximum atomic E-state index is 11.0. The van der Waals surface area contributed by atoms with E-state index in [0.717, 1.165) is 0 Å². The second kappa shape index (κ2) is 4.18. The van der Waals surface area contributed by atoms with Gasteiger partial charge in [0.25, 0.3) is 0 Å². The summed E-state index contributed by atoms with van der Waals surface area (Å²) in [6, 6.07) is 7.36. The quantitative estimate of drug-likeness (QED) is 0.414. The van der Waals surface area contributed by atoms with E-state index in [2.05, 4.69) is 5.43 Å². The SMILES string of the molecule is NNC(=O)CC1COc2ccccc2O1. The fraction of sp³-hybridized carbons (Fsp3) is 0.300. The van der Waals surface area contributed by atoms with Crippen LogP contribution in [0.1, 0.15) is 6.42 Å². The fourth-order valence-electron chi connectivity index (χ4n) is 1.43. The largest absolute Gasteiger partial charge is 0.486 e. The number of carbonyl (C=O) groups excluding carboxylic acids is 1. The predicted octanol–water partition coefficient (Wildman–Crippen LogP) is 0.206. The lowest BCUT2D eigenvalue weighted by Gasteiger charge is -2.25. The number of fused-ring (bicyclic) bond motifs is 1. The van der Waals surface area contributed by atoms with Crippen LogP contribution >= 0.6 is 0 Å². The summed E-state index contributed by atoms with van der Waals surface area (Å²) in [6.07, 6.45) is -0.0753. The van der Waals surface area contributed by atoms with Crippen LogP contribution in [0.3, 0.4) is 0 Å². The molecular weight excluding hydrogens is 196 g/mol. The standard InChI is InChI=1S/C10H12N2O3/c11-12-10(13)5-7-6-14-8-3-1-2-4-9(8)15-7/h1-4,7H,5-6,11H2,(H,12,13). The van der Waals surface area contributed by atoms with E-state index in [9.17, 15) is 4.79 Å². The topological polar surface area (TPSA) is 73.6 Å². The third-order valence-electron chi connectivity index (χ3n) is 2.14. The van der Waals surface area contributed by atoms with Crippen molar-refractivity contribution in [1.29, 1.82) is 0 Å². The lowest BCUT2D eigenvalue weighted by Crippen LogP contribution is -2.38. The Labute approximate surface area is 87.1 Å². The summed E-state index contributed by atoms with van der Waals surface area (Å²) in [5.41, 5.74) is 2.06. The van der Waals surface area contributed by atoms with E-state index < -0.39 is 0 Å². The van der Waals surface area contributed by atoms with Crippen molar-refractivity contribution in [1.82, 2.24) is 5.43 Å². The summed E-state index contributed by atoms with van der Waals surface area (Å²) in [6.45, 7) is 0.366. The van der Waals surface area contributed by atoms with E-state index in [4.69, 9.17) is 15.3 Å². The third-order valence-corrected chi connectivity index (χ3v) is 2.14. The highest BCUT2D eigenvalue weighted by molar-refractivity contribution is 5.75. The van der Waals surface area contributed by atoms with Crippen molar-refractivity contribution in [2.75, 3.05) is 6.61 Å². The number of carbonyl (C=O) groups is 1. The van der Waals surface area contributed by atoms with Gasteiger partial charge in [-0.2, -0.15) is 0 Å². The van der Waals surface area contributed by atoms with Crippen LogP contribution in [0.2, 0.25) is 0 Å². The van der Waals surface area contributed by atoms with Crippen molar-refractivity contribution < 1.29 is 14.3 Å². The number of hydrogen-bond acceptors (Lipinski definition) is 4. The summed E-state index contributed by atoms with van der Waals surface area (Å²) in [4.78, 5) is 11.0. The Morgan fingerprint density at radius 1 is 1.47 bits per heavy atom. The van der Waals surface area contributed by atoms with Gasteiger partial charge in [0, 0.05) is 0 Å². The van der Waals surface area contributed by atoms with Crippen molar-refractivity contribution in [3.63, 3.8) is 0 Å². The number of hydrogen-bond donors (Lipinski definition) is 2. The highest BCUT2D eigenvalue weighted by Crippen LogP contribution is 2.31. The Morgan fingerprint density at radius 2 is 2.20 bits per heavy atom. The smallest absolute Gasteiger partial charge is 0.237 e. The molecule has 80 valence electrons. The number of para-hydroxylation sites is 2. The Balaban J connectivity index is 2.02. The Bertz CT molecular complexity index is 367. The summed E-state index contributed by atoms with van der Waals surface area (Å²) in [5.74, 6) is 6.10. The van der Waals surface area contributed by atoms with Crippen LogP contribution in [0.25, 0.3) is 0 Å². The van der Waals surface area contributed by atoms with E-state index in [0.29, 0.717) is 18.1 Å². The molecule has 0 bridgehead atoms. The molecule has 0 fully saturated rings. The van der Waals surface area contributed by atoms with E-state index in [1.165, 1.54) is 0 Å². The normalized spacial score (nSPS) is 18.3. The molecule has 1 atom stereocenters. The van der Waals surface area contributed by atoms with Crippen molar-refractivity contribution in [3.05, 3.63) is 24.3 Å². The fourth-order valence-corrected chi connectivity index (χ4v) is 1.43. The minimum atomic E-state index is -0.275. The molecule has 1 unspecified atom stereocenters. The molecule has 15 heavy (non-hydrogen) atoms. The Morgan fingerprint density at radius 3 is 2.93 bits per heavy atom. The first-order valence-corrected chi connectivity index (χ1v) is 4.67. The van der Waals surface area contributed by atoms with Crippen molar-refractivity contribution in [2.24, 2.45) is 5.84 Å². The van der Waals surface area contributed by atoms with Gasteiger partial charge in [0.1, 0.15) is 12.7 Å². The van der Waals surface area contributed by atoms with Crippen LogP contribution in [0.15, 0.2) is 24.3 Å². The van der Waals surface area contributed by atoms with Gasteiger partial charge in [-0.1, -0.05) is 12.1 Å². The first-order valence-electron chi connectivity index (χ1n) is 4.67. The monoisotopic (exact) mass is 208 g/mol. The number of nitrogens with two attached hydrogens (primary N) is 1. The second-order valence-corrected chi connectivity index (χ2v) is 3.27. The average Bonchev–Trinajstić information content (AvgIpc) is 2.29. The van der Waals surface area contributed by atoms with Gasteiger partial charge in [0.05, 0.1) is 6.42 Å². The minimum absolute atomic E-state index is 0.199. The minimum Gasteiger partial charge on any atom is -0.486 e. The lowest BCUT2D eigenvalue weighted by molar-refractivity contribution is -0.123. The third kappa shape index (κ3) is 2.19. The molecule has 0 aliphatic carbocycles. The molecule has 1 aromatic rings. The number of hydrazine groups is 1. The number of nitrogens with one attached hydrogen (secondary N) is 1. The van der Waals surface area contributed by atoms with E-state index in [1.54, 1.807) is 0 Å². The van der Waals surface area contributed by atoms with Gasteiger partial charge in [-0.25, -0.2) is 5.84 Å². The van der Waals surface area contributed by atoms with Crippen LogP contribution in [-0.2, 0) is 4.79 Å². The molecule has 5 nitrogen and oxygen atoms in total. The zero-order valence-electron chi connectivity index (χ0n) is 8.10. The summed E-state index contributed by atoms with van der Waals surface area (Å²) in [5, 5.41) is 0. The predicted molar refractivity (Wildman–Crippen MR) is 53.3 cm³/mol. The molecule has 1 heterocycles. The van der Waals surface area contributed by atoms with E-state index in [-0.39, 0.29) is 18.4 Å².